The number of phenolic OH excluding ortho intramolecular Hbond substituents is 1. The van der Waals surface area contributed by atoms with E-state index in [1.54, 1.807) is 30.6 Å². The van der Waals surface area contributed by atoms with Crippen LogP contribution in [0.15, 0.2) is 48.8 Å². The third kappa shape index (κ3) is 3.49. The number of rotatable bonds is 4. The zero-order valence-electron chi connectivity index (χ0n) is 14.7. The Bertz CT molecular complexity index is 935. The molecule has 0 aliphatic heterocycles. The molecule has 0 radical (unpaired) electrons. The van der Waals surface area contributed by atoms with Crippen LogP contribution in [0, 0.1) is 0 Å². The number of aromatic hydroxyl groups is 1. The molecule has 0 saturated heterocycles. The smallest absolute Gasteiger partial charge is 0.222 e. The number of pyridine rings is 2. The summed E-state index contributed by atoms with van der Waals surface area (Å²) < 4.78 is 0. The average Bonchev–Trinajstić information content (AvgIpc) is 2.62. The predicted octanol–water partition coefficient (Wildman–Crippen LogP) is 3.62. The van der Waals surface area contributed by atoms with Gasteiger partial charge in [0.1, 0.15) is 17.4 Å². The van der Waals surface area contributed by atoms with Gasteiger partial charge in [0, 0.05) is 36.0 Å². The minimum atomic E-state index is -0.164. The average molecular weight is 348 g/mol. The number of nitrogens with two attached hydrogens (primary N) is 1. The first-order chi connectivity index (χ1) is 12.5. The van der Waals surface area contributed by atoms with Crippen molar-refractivity contribution in [1.29, 1.82) is 0 Å². The van der Waals surface area contributed by atoms with Crippen LogP contribution < -0.4 is 11.1 Å². The van der Waals surface area contributed by atoms with Gasteiger partial charge in [0.05, 0.1) is 0 Å². The van der Waals surface area contributed by atoms with Gasteiger partial charge in [0.25, 0.3) is 0 Å². The first-order valence-corrected chi connectivity index (χ1v) is 8.30. The maximum absolute atomic E-state index is 11.1. The zero-order valence-corrected chi connectivity index (χ0v) is 14.7. The molecular weight excluding hydrogens is 328 g/mol. The van der Waals surface area contributed by atoms with E-state index in [0.717, 1.165) is 34.2 Å². The van der Waals surface area contributed by atoms with Gasteiger partial charge >= 0.3 is 0 Å². The van der Waals surface area contributed by atoms with Gasteiger partial charge in [-0.25, -0.2) is 9.97 Å². The number of nitrogens with one attached hydrogen (secondary N) is 1. The Morgan fingerprint density at radius 3 is 2.35 bits per heavy atom. The lowest BCUT2D eigenvalue weighted by Gasteiger charge is -2.16. The molecule has 4 N–H and O–H groups in total. The van der Waals surface area contributed by atoms with Gasteiger partial charge in [-0.15, -0.1) is 0 Å². The molecule has 132 valence electrons. The summed E-state index contributed by atoms with van der Waals surface area (Å²) in [5.74, 6) is 0.982. The summed E-state index contributed by atoms with van der Waals surface area (Å²) in [4.78, 5) is 19.8. The number of aromatic nitrogens is 2. The number of nitrogen functional groups attached to an aromatic ring is 1. The number of anilines is 2. The van der Waals surface area contributed by atoms with Crippen LogP contribution in [0.2, 0.25) is 0 Å². The van der Waals surface area contributed by atoms with Crippen LogP contribution >= 0.6 is 0 Å². The first kappa shape index (κ1) is 17.4. The van der Waals surface area contributed by atoms with Gasteiger partial charge in [-0.2, -0.15) is 0 Å². The summed E-state index contributed by atoms with van der Waals surface area (Å²) in [6.45, 7) is 3.50. The normalized spacial score (nSPS) is 10.5. The van der Waals surface area contributed by atoms with E-state index >= 15 is 0 Å². The fourth-order valence-electron chi connectivity index (χ4n) is 2.94. The highest BCUT2D eigenvalue weighted by molar-refractivity contribution is 5.88. The van der Waals surface area contributed by atoms with E-state index < -0.39 is 0 Å². The van der Waals surface area contributed by atoms with E-state index in [1.165, 1.54) is 6.92 Å². The first-order valence-electron chi connectivity index (χ1n) is 8.30. The summed E-state index contributed by atoms with van der Waals surface area (Å²) in [5, 5.41) is 12.2. The number of hydrogen-bond donors (Lipinski definition) is 3. The Morgan fingerprint density at radius 1 is 1.08 bits per heavy atom. The molecule has 1 aromatic carbocycles. The number of carbonyl (C=O) groups is 1. The van der Waals surface area contributed by atoms with Crippen molar-refractivity contribution in [3.8, 4) is 28.0 Å². The Balaban J connectivity index is 2.09. The fourth-order valence-corrected chi connectivity index (χ4v) is 2.94. The largest absolute Gasteiger partial charge is 0.508 e. The van der Waals surface area contributed by atoms with E-state index in [0.29, 0.717) is 11.6 Å². The molecule has 0 spiro atoms. The highest BCUT2D eigenvalue weighted by Crippen LogP contribution is 2.36. The van der Waals surface area contributed by atoms with Crippen molar-refractivity contribution in [2.45, 2.75) is 20.3 Å². The second-order valence-corrected chi connectivity index (χ2v) is 5.92. The molecule has 2 aromatic heterocycles. The topological polar surface area (TPSA) is 101 Å². The third-order valence-electron chi connectivity index (χ3n) is 4.10. The number of nitrogens with zero attached hydrogens (tertiary/aromatic N) is 2. The van der Waals surface area contributed by atoms with Gasteiger partial charge in [0.15, 0.2) is 0 Å². The van der Waals surface area contributed by atoms with Gasteiger partial charge in [-0.1, -0.05) is 19.1 Å². The van der Waals surface area contributed by atoms with Crippen molar-refractivity contribution < 1.29 is 9.90 Å². The number of phenols is 1. The molecule has 0 aliphatic carbocycles. The maximum Gasteiger partial charge on any atom is 0.222 e. The Morgan fingerprint density at radius 2 is 1.77 bits per heavy atom. The van der Waals surface area contributed by atoms with Crippen molar-refractivity contribution in [1.82, 2.24) is 9.97 Å². The van der Waals surface area contributed by atoms with Crippen molar-refractivity contribution in [3.05, 3.63) is 54.4 Å². The van der Waals surface area contributed by atoms with Gasteiger partial charge in [-0.05, 0) is 41.8 Å². The van der Waals surface area contributed by atoms with Crippen LogP contribution in [0.4, 0.5) is 11.6 Å². The fraction of sp³-hybridized carbons (Fsp3) is 0.150. The number of amides is 1. The monoisotopic (exact) mass is 348 g/mol. The van der Waals surface area contributed by atoms with Crippen LogP contribution in [0.25, 0.3) is 22.3 Å². The SMILES string of the molecule is CCc1c(-c2ccc(NC(C)=O)nc2)cnc(N)c1-c1ccc(O)cc1. The lowest BCUT2D eigenvalue weighted by atomic mass is 9.92. The molecule has 6 heteroatoms. The van der Waals surface area contributed by atoms with Crippen LogP contribution in [-0.4, -0.2) is 21.0 Å². The number of carbonyl (C=O) groups excluding carboxylic acids is 1. The summed E-state index contributed by atoms with van der Waals surface area (Å²) >= 11 is 0. The summed E-state index contributed by atoms with van der Waals surface area (Å²) in [7, 11) is 0. The minimum absolute atomic E-state index is 0.164. The highest BCUT2D eigenvalue weighted by atomic mass is 16.3. The van der Waals surface area contributed by atoms with Crippen molar-refractivity contribution in [2.75, 3.05) is 11.1 Å². The zero-order chi connectivity index (χ0) is 18.7. The molecular formula is C20H20N4O2. The molecule has 0 bridgehead atoms. The molecule has 0 fully saturated rings. The van der Waals surface area contributed by atoms with Crippen LogP contribution in [0.5, 0.6) is 5.75 Å². The van der Waals surface area contributed by atoms with Crippen molar-refractivity contribution >= 4 is 17.5 Å². The molecule has 3 rings (SSSR count). The number of benzene rings is 1. The lowest BCUT2D eigenvalue weighted by Crippen LogP contribution is -2.07. The Hall–Kier alpha value is -3.41. The maximum atomic E-state index is 11.1. The van der Waals surface area contributed by atoms with Gasteiger partial charge in [0.2, 0.25) is 5.91 Å². The van der Waals surface area contributed by atoms with Crippen molar-refractivity contribution in [3.63, 3.8) is 0 Å². The van der Waals surface area contributed by atoms with Gasteiger partial charge < -0.3 is 16.2 Å². The van der Waals surface area contributed by atoms with E-state index in [4.69, 9.17) is 5.73 Å². The Kier molecular flexibility index (Phi) is 4.84. The molecule has 3 aromatic rings. The lowest BCUT2D eigenvalue weighted by molar-refractivity contribution is -0.114. The standard InChI is InChI=1S/C20H20N4O2/c1-3-16-17(14-6-9-18(22-10-14)24-12(2)25)11-23-20(21)19(16)13-4-7-15(26)8-5-13/h4-11,26H,3H2,1-2H3,(H2,21,23)(H,22,24,25). The molecule has 6 nitrogen and oxygen atoms in total. The van der Waals surface area contributed by atoms with E-state index in [-0.39, 0.29) is 11.7 Å². The summed E-state index contributed by atoms with van der Waals surface area (Å²) in [5.41, 5.74) is 10.8. The molecule has 0 saturated carbocycles. The van der Waals surface area contributed by atoms with Gasteiger partial charge in [-0.3, -0.25) is 4.79 Å². The molecule has 2 heterocycles. The molecule has 26 heavy (non-hydrogen) atoms. The molecule has 1 amide bonds. The predicted molar refractivity (Wildman–Crippen MR) is 103 cm³/mol. The van der Waals surface area contributed by atoms with Crippen LogP contribution in [0.1, 0.15) is 19.4 Å². The second-order valence-electron chi connectivity index (χ2n) is 5.92. The minimum Gasteiger partial charge on any atom is -0.508 e. The molecule has 0 unspecified atom stereocenters. The second kappa shape index (κ2) is 7.23. The van der Waals surface area contributed by atoms with E-state index in [2.05, 4.69) is 22.2 Å². The van der Waals surface area contributed by atoms with Crippen LogP contribution in [-0.2, 0) is 11.2 Å². The van der Waals surface area contributed by atoms with Crippen molar-refractivity contribution in [2.24, 2.45) is 0 Å². The van der Waals surface area contributed by atoms with E-state index in [9.17, 15) is 9.90 Å². The summed E-state index contributed by atoms with van der Waals surface area (Å²) in [6.07, 6.45) is 4.21. The highest BCUT2D eigenvalue weighted by Gasteiger charge is 2.15. The Labute approximate surface area is 151 Å². The molecule has 0 aliphatic rings. The van der Waals surface area contributed by atoms with Crippen LogP contribution in [0.3, 0.4) is 0 Å². The number of hydrogen-bond acceptors (Lipinski definition) is 5. The molecule has 0 atom stereocenters. The quantitative estimate of drug-likeness (QED) is 0.668. The summed E-state index contributed by atoms with van der Waals surface area (Å²) in [6, 6.07) is 10.6. The third-order valence-corrected chi connectivity index (χ3v) is 4.10. The van der Waals surface area contributed by atoms with E-state index in [1.807, 2.05) is 18.2 Å².